The Morgan fingerprint density at radius 2 is 1.00 bits per heavy atom. The van der Waals surface area contributed by atoms with Gasteiger partial charge in [0.05, 0.1) is 30.0 Å². The molecule has 4 aliphatic heterocycles. The van der Waals surface area contributed by atoms with Gasteiger partial charge in [-0.3, -0.25) is 25.5 Å². The molecule has 0 radical (unpaired) electrons. The maximum absolute atomic E-state index is 13.5. The van der Waals surface area contributed by atoms with Crippen molar-refractivity contribution in [2.75, 3.05) is 57.4 Å². The second kappa shape index (κ2) is 27.2. The van der Waals surface area contributed by atoms with E-state index in [1.54, 1.807) is 75.4 Å². The lowest BCUT2D eigenvalue weighted by molar-refractivity contribution is -0.130. The van der Waals surface area contributed by atoms with Crippen LogP contribution in [-0.2, 0) is 34.6 Å². The van der Waals surface area contributed by atoms with E-state index >= 15 is 0 Å². The van der Waals surface area contributed by atoms with Crippen molar-refractivity contribution in [2.45, 2.75) is 115 Å². The van der Waals surface area contributed by atoms with E-state index in [1.165, 1.54) is 0 Å². The molecule has 0 bridgehead atoms. The highest BCUT2D eigenvalue weighted by molar-refractivity contribution is 6.09. The third-order valence-corrected chi connectivity index (χ3v) is 18.9. The van der Waals surface area contributed by atoms with Crippen molar-refractivity contribution in [1.82, 2.24) is 0 Å². The molecule has 8 aromatic carbocycles. The van der Waals surface area contributed by atoms with Gasteiger partial charge >= 0.3 is 18.3 Å². The standard InChI is InChI=1S/C79H80N6O12/c1-49-28-32-60(47-64(49)82-73(89)92-42-40-84-66-26-18-16-24-62(66)76(6,7)78(84)38-36-56-45-58(30-34-68(56)96-78)70(86)54-20-12-10-13-21-54)80-72(88)53(5)94-51(3)44-52(4)95-75(91)81-61-33-29-50(2)65(48-61)83-74(90)93-43-41-85-67-27-19-17-25-63(67)77(8,9)79(85)39-37-57-46-59(31-35-69(57)97-79)71(87)55-22-14-11-15-23-55/h10-39,45-48,51-53,71,87H,40-44H2,1-9H3,(H,80,88)(H,81,91)(H,82,89)(H,83,90). The Hall–Kier alpha value is -10.7. The summed E-state index contributed by atoms with van der Waals surface area (Å²) in [6, 6.07) is 56.3. The summed E-state index contributed by atoms with van der Waals surface area (Å²) in [7, 11) is 0. The van der Waals surface area contributed by atoms with Crippen LogP contribution in [0.5, 0.6) is 11.5 Å². The number of hydrogen-bond donors (Lipinski definition) is 5. The topological polar surface area (TPSA) is 216 Å². The predicted molar refractivity (Wildman–Crippen MR) is 377 cm³/mol. The van der Waals surface area contributed by atoms with Crippen LogP contribution in [0.25, 0.3) is 12.2 Å². The van der Waals surface area contributed by atoms with E-state index in [0.29, 0.717) is 51.9 Å². The Kier molecular flexibility index (Phi) is 18.6. The monoisotopic (exact) mass is 1300 g/mol. The van der Waals surface area contributed by atoms with Gasteiger partial charge in [-0.2, -0.15) is 0 Å². The largest absolute Gasteiger partial charge is 0.463 e. The Morgan fingerprint density at radius 3 is 1.56 bits per heavy atom. The fourth-order valence-corrected chi connectivity index (χ4v) is 13.7. The van der Waals surface area contributed by atoms with E-state index in [2.05, 4.69) is 77.0 Å². The molecule has 4 aliphatic rings. The fourth-order valence-electron chi connectivity index (χ4n) is 13.7. The maximum Gasteiger partial charge on any atom is 0.411 e. The van der Waals surface area contributed by atoms with Crippen LogP contribution in [0.15, 0.2) is 194 Å². The number of ether oxygens (including phenoxy) is 6. The summed E-state index contributed by atoms with van der Waals surface area (Å²) in [6.45, 7) is 17.9. The van der Waals surface area contributed by atoms with Crippen LogP contribution in [0.1, 0.15) is 121 Å². The molecule has 18 heteroatoms. The van der Waals surface area contributed by atoms with Gasteiger partial charge in [0.25, 0.3) is 5.91 Å². The molecule has 97 heavy (non-hydrogen) atoms. The predicted octanol–water partition coefficient (Wildman–Crippen LogP) is 15.7. The minimum absolute atomic E-state index is 0.00605. The van der Waals surface area contributed by atoms with Crippen LogP contribution >= 0.6 is 0 Å². The van der Waals surface area contributed by atoms with Crippen molar-refractivity contribution in [3.63, 3.8) is 0 Å². The molecule has 8 aromatic rings. The van der Waals surface area contributed by atoms with Gasteiger partial charge in [0.1, 0.15) is 43.0 Å². The van der Waals surface area contributed by atoms with Gasteiger partial charge < -0.3 is 48.6 Å². The number of nitrogens with one attached hydrogen (secondary N) is 4. The van der Waals surface area contributed by atoms with Crippen LogP contribution < -0.4 is 40.5 Å². The fraction of sp³-hybridized carbons (Fsp3) is 0.278. The van der Waals surface area contributed by atoms with Crippen LogP contribution in [0, 0.1) is 13.8 Å². The third kappa shape index (κ3) is 13.3. The number of fused-ring (bicyclic) bond motifs is 4. The molecule has 6 unspecified atom stereocenters. The molecule has 0 fully saturated rings. The van der Waals surface area contributed by atoms with Crippen molar-refractivity contribution < 1.29 is 57.5 Å². The lowest BCUT2D eigenvalue weighted by Gasteiger charge is -2.47. The molecular weight excluding hydrogens is 1220 g/mol. The Balaban J connectivity index is 0.592. The van der Waals surface area contributed by atoms with Gasteiger partial charge in [-0.05, 0) is 187 Å². The molecule has 18 nitrogen and oxygen atoms in total. The number of aryl methyl sites for hydroxylation is 2. The number of anilines is 6. The highest BCUT2D eigenvalue weighted by Crippen LogP contribution is 2.57. The lowest BCUT2D eigenvalue weighted by Crippen LogP contribution is -2.60. The van der Waals surface area contributed by atoms with Crippen molar-refractivity contribution in [1.29, 1.82) is 0 Å². The number of aliphatic hydroxyl groups is 1. The molecule has 5 N–H and O–H groups in total. The number of aliphatic hydroxyl groups excluding tert-OH is 1. The summed E-state index contributed by atoms with van der Waals surface area (Å²) in [5.74, 6) is 0.780. The Morgan fingerprint density at radius 1 is 0.505 bits per heavy atom. The normalized spacial score (nSPS) is 18.4. The molecule has 0 aliphatic carbocycles. The zero-order valence-corrected chi connectivity index (χ0v) is 55.8. The van der Waals surface area contributed by atoms with E-state index in [0.717, 1.165) is 55.9 Å². The zero-order chi connectivity index (χ0) is 68.4. The Labute approximate surface area is 565 Å². The number of benzene rings is 8. The molecule has 0 aromatic heterocycles. The van der Waals surface area contributed by atoms with Gasteiger partial charge in [-0.25, -0.2) is 14.4 Å². The summed E-state index contributed by atoms with van der Waals surface area (Å²) >= 11 is 0. The highest BCUT2D eigenvalue weighted by atomic mass is 16.6. The molecule has 12 rings (SSSR count). The van der Waals surface area contributed by atoms with Crippen LogP contribution in [-0.4, -0.2) is 91.1 Å². The maximum atomic E-state index is 13.5. The number of hydrogen-bond acceptors (Lipinski definition) is 14. The molecule has 4 amide bonds. The van der Waals surface area contributed by atoms with Gasteiger partial charge in [0.15, 0.2) is 5.78 Å². The molecule has 0 saturated carbocycles. The number of rotatable bonds is 20. The first-order chi connectivity index (χ1) is 46.5. The molecule has 2 spiro atoms. The first-order valence-corrected chi connectivity index (χ1v) is 32.7. The molecule has 4 heterocycles. The average molecular weight is 1310 g/mol. The molecule has 0 saturated heterocycles. The number of ketones is 1. The minimum atomic E-state index is -0.992. The summed E-state index contributed by atoms with van der Waals surface area (Å²) in [5.41, 5.74) is 8.44. The summed E-state index contributed by atoms with van der Waals surface area (Å²) in [6.07, 6.45) is 3.42. The second-order valence-corrected chi connectivity index (χ2v) is 26.1. The first-order valence-electron chi connectivity index (χ1n) is 32.7. The summed E-state index contributed by atoms with van der Waals surface area (Å²) < 4.78 is 37.4. The van der Waals surface area contributed by atoms with E-state index < -0.39 is 70.9 Å². The minimum Gasteiger partial charge on any atom is -0.463 e. The zero-order valence-electron chi connectivity index (χ0n) is 55.8. The SMILES string of the molecule is Cc1ccc(NC(=O)OC(C)CC(C)OC(C)C(=O)Nc2ccc(C)c(NC(=O)OCCN3c4ccccc4C(C)(C)C34C=Cc3cc(C(=O)c5ccccc5)ccc3O4)c2)cc1NC(=O)OCCN1c2ccccc2C(C)(C)C12C=Cc1cc(C(O)c3ccccc3)ccc1O2. The first kappa shape index (κ1) is 66.3. The van der Waals surface area contributed by atoms with Crippen molar-refractivity contribution >= 4 is 76.2 Å². The van der Waals surface area contributed by atoms with Crippen molar-refractivity contribution in [3.8, 4) is 11.5 Å². The van der Waals surface area contributed by atoms with Gasteiger partial charge in [-0.1, -0.05) is 115 Å². The number of nitrogens with zero attached hydrogens (tertiary/aromatic N) is 2. The lowest BCUT2D eigenvalue weighted by atomic mass is 9.76. The average Bonchev–Trinajstić information content (AvgIpc) is 1.56. The van der Waals surface area contributed by atoms with E-state index in [4.69, 9.17) is 28.4 Å². The highest BCUT2D eigenvalue weighted by Gasteiger charge is 2.60. The number of carbonyl (C=O) groups excluding carboxylic acids is 5. The quantitative estimate of drug-likeness (QED) is 0.0355. The smallest absolute Gasteiger partial charge is 0.411 e. The van der Waals surface area contributed by atoms with Crippen LogP contribution in [0.3, 0.4) is 0 Å². The van der Waals surface area contributed by atoms with Crippen molar-refractivity contribution in [2.24, 2.45) is 0 Å². The van der Waals surface area contributed by atoms with E-state index in [-0.39, 0.29) is 32.0 Å². The van der Waals surface area contributed by atoms with Gasteiger partial charge in [0.2, 0.25) is 11.4 Å². The molecule has 498 valence electrons. The number of amides is 4. The van der Waals surface area contributed by atoms with Crippen LogP contribution in [0.4, 0.5) is 48.5 Å². The van der Waals surface area contributed by atoms with E-state index in [9.17, 15) is 29.1 Å². The van der Waals surface area contributed by atoms with E-state index in [1.807, 2.05) is 147 Å². The summed E-state index contributed by atoms with van der Waals surface area (Å²) in [5, 5.41) is 22.5. The third-order valence-electron chi connectivity index (χ3n) is 18.9. The van der Waals surface area contributed by atoms with Gasteiger partial charge in [-0.15, -0.1) is 0 Å². The second-order valence-electron chi connectivity index (χ2n) is 26.1. The van der Waals surface area contributed by atoms with Crippen molar-refractivity contribution in [3.05, 3.63) is 250 Å². The Bertz CT molecular complexity index is 4380. The summed E-state index contributed by atoms with van der Waals surface area (Å²) in [4.78, 5) is 71.4. The van der Waals surface area contributed by atoms with Crippen LogP contribution in [0.2, 0.25) is 0 Å². The number of carbonyl (C=O) groups is 5. The van der Waals surface area contributed by atoms with Gasteiger partial charge in [0, 0.05) is 62.8 Å². The molecular formula is C79H80N6O12. The number of para-hydroxylation sites is 2. The molecule has 6 atom stereocenters.